The third-order valence-electron chi connectivity index (χ3n) is 2.84. The molecule has 0 saturated heterocycles. The van der Waals surface area contributed by atoms with Crippen molar-refractivity contribution in [2.75, 3.05) is 0 Å². The first kappa shape index (κ1) is 15.7. The van der Waals surface area contributed by atoms with Crippen LogP contribution in [0.15, 0.2) is 72.8 Å². The minimum absolute atomic E-state index is 0.256. The molecule has 0 saturated carbocycles. The van der Waals surface area contributed by atoms with E-state index in [1.54, 1.807) is 6.07 Å². The van der Waals surface area contributed by atoms with Gasteiger partial charge in [0.15, 0.2) is 3.57 Å². The van der Waals surface area contributed by atoms with Crippen LogP contribution in [0.25, 0.3) is 0 Å². The summed E-state index contributed by atoms with van der Waals surface area (Å²) < 4.78 is 23.0. The SMILES string of the molecule is Fc1cc(Oc2ccc(I)cc2)cc([I+]c2ccccc2)c1. The molecule has 0 radical (unpaired) electrons. The first-order valence-electron chi connectivity index (χ1n) is 6.63. The monoisotopic (exact) mass is 517 g/mol. The van der Waals surface area contributed by atoms with Crippen molar-refractivity contribution in [3.63, 3.8) is 0 Å². The van der Waals surface area contributed by atoms with E-state index in [2.05, 4.69) is 34.7 Å². The maximum absolute atomic E-state index is 13.8. The summed E-state index contributed by atoms with van der Waals surface area (Å²) >= 11 is 1.83. The summed E-state index contributed by atoms with van der Waals surface area (Å²) in [5, 5.41) is 0. The Labute approximate surface area is 152 Å². The molecule has 0 unspecified atom stereocenters. The van der Waals surface area contributed by atoms with Gasteiger partial charge in [0.2, 0.25) is 3.57 Å². The molecule has 22 heavy (non-hydrogen) atoms. The summed E-state index contributed by atoms with van der Waals surface area (Å²) in [6, 6.07) is 22.8. The van der Waals surface area contributed by atoms with Crippen LogP contribution in [-0.4, -0.2) is 0 Å². The number of benzene rings is 3. The van der Waals surface area contributed by atoms with Gasteiger partial charge in [0, 0.05) is 21.8 Å². The minimum Gasteiger partial charge on any atom is -0.457 e. The van der Waals surface area contributed by atoms with E-state index < -0.39 is 21.2 Å². The van der Waals surface area contributed by atoms with Crippen LogP contribution in [0.2, 0.25) is 0 Å². The maximum atomic E-state index is 13.8. The molecule has 0 bridgehead atoms. The molecule has 3 aromatic rings. The van der Waals surface area contributed by atoms with Crippen molar-refractivity contribution in [2.24, 2.45) is 0 Å². The van der Waals surface area contributed by atoms with Crippen molar-refractivity contribution in [1.29, 1.82) is 0 Å². The van der Waals surface area contributed by atoms with E-state index in [0.717, 1.165) is 12.9 Å². The highest BCUT2D eigenvalue weighted by molar-refractivity contribution is 14.1. The van der Waals surface area contributed by atoms with Gasteiger partial charge in [0.25, 0.3) is 0 Å². The second-order valence-electron chi connectivity index (χ2n) is 4.55. The average Bonchev–Trinajstić information content (AvgIpc) is 2.50. The zero-order chi connectivity index (χ0) is 15.4. The molecule has 1 nitrogen and oxygen atoms in total. The number of hydrogen-bond donors (Lipinski definition) is 0. The third kappa shape index (κ3) is 4.42. The molecule has 0 heterocycles. The van der Waals surface area contributed by atoms with Gasteiger partial charge in [-0.3, -0.25) is 0 Å². The number of ether oxygens (including phenoxy) is 1. The molecule has 0 N–H and O–H groups in total. The summed E-state index contributed by atoms with van der Waals surface area (Å²) in [7, 11) is 0. The minimum atomic E-state index is -0.408. The Bertz CT molecular complexity index is 758. The van der Waals surface area contributed by atoms with Crippen LogP contribution in [-0.2, 0) is 0 Å². The highest BCUT2D eigenvalue weighted by Gasteiger charge is 2.17. The highest BCUT2D eigenvalue weighted by atomic mass is 127. The normalized spacial score (nSPS) is 10.5. The van der Waals surface area contributed by atoms with Gasteiger partial charge < -0.3 is 4.74 Å². The van der Waals surface area contributed by atoms with Gasteiger partial charge in [0.1, 0.15) is 17.3 Å². The largest absolute Gasteiger partial charge is 0.457 e. The molecule has 0 spiro atoms. The van der Waals surface area contributed by atoms with Crippen molar-refractivity contribution in [3.8, 4) is 11.5 Å². The van der Waals surface area contributed by atoms with E-state index in [0.29, 0.717) is 5.75 Å². The lowest BCUT2D eigenvalue weighted by molar-refractivity contribution is -0.597. The lowest BCUT2D eigenvalue weighted by atomic mass is 10.3. The quantitative estimate of drug-likeness (QED) is 0.484. The molecular formula is C18H12FI2O+. The Morgan fingerprint density at radius 1 is 0.773 bits per heavy atom. The van der Waals surface area contributed by atoms with Gasteiger partial charge >= 0.3 is 21.2 Å². The van der Waals surface area contributed by atoms with Crippen molar-refractivity contribution in [2.45, 2.75) is 0 Å². The fourth-order valence-electron chi connectivity index (χ4n) is 1.88. The lowest BCUT2D eigenvalue weighted by Crippen LogP contribution is -3.61. The zero-order valence-electron chi connectivity index (χ0n) is 11.5. The molecule has 0 aliphatic rings. The van der Waals surface area contributed by atoms with Gasteiger partial charge in [-0.05, 0) is 59.0 Å². The molecule has 4 heteroatoms. The van der Waals surface area contributed by atoms with Gasteiger partial charge in [-0.1, -0.05) is 18.2 Å². The van der Waals surface area contributed by atoms with Gasteiger partial charge in [0.05, 0.1) is 0 Å². The fourth-order valence-corrected chi connectivity index (χ4v) is 4.65. The molecule has 0 aromatic heterocycles. The van der Waals surface area contributed by atoms with Crippen LogP contribution >= 0.6 is 22.6 Å². The molecule has 3 rings (SSSR count). The van der Waals surface area contributed by atoms with Crippen LogP contribution in [0.5, 0.6) is 11.5 Å². The topological polar surface area (TPSA) is 9.23 Å². The van der Waals surface area contributed by atoms with Crippen LogP contribution in [0.4, 0.5) is 4.39 Å². The molecule has 110 valence electrons. The third-order valence-corrected chi connectivity index (χ3v) is 6.14. The molecule has 0 aliphatic heterocycles. The van der Waals surface area contributed by atoms with E-state index in [1.807, 2.05) is 48.5 Å². The van der Waals surface area contributed by atoms with Gasteiger partial charge in [-0.15, -0.1) is 0 Å². The van der Waals surface area contributed by atoms with Crippen molar-refractivity contribution in [3.05, 3.63) is 89.3 Å². The zero-order valence-corrected chi connectivity index (χ0v) is 15.8. The molecule has 0 fully saturated rings. The van der Waals surface area contributed by atoms with E-state index in [4.69, 9.17) is 4.74 Å². The molecule has 3 aromatic carbocycles. The summed E-state index contributed by atoms with van der Waals surface area (Å²) in [6.45, 7) is 0. The highest BCUT2D eigenvalue weighted by Crippen LogP contribution is 2.22. The molecular weight excluding hydrogens is 505 g/mol. The van der Waals surface area contributed by atoms with Gasteiger partial charge in [-0.2, -0.15) is 0 Å². The standard InChI is InChI=1S/C18H12FI2O/c19-13-10-16(21-15-4-2-1-3-5-15)12-18(11-13)22-17-8-6-14(20)7-9-17/h1-12H/q+1. The summed E-state index contributed by atoms with van der Waals surface area (Å²) in [6.07, 6.45) is 0. The Morgan fingerprint density at radius 3 is 2.23 bits per heavy atom. The van der Waals surface area contributed by atoms with E-state index in [1.165, 1.54) is 9.64 Å². The Hall–Kier alpha value is -1.15. The second kappa shape index (κ2) is 7.41. The first-order valence-corrected chi connectivity index (χ1v) is 9.86. The smallest absolute Gasteiger partial charge is 0.358 e. The van der Waals surface area contributed by atoms with Crippen molar-refractivity contribution < 1.29 is 30.3 Å². The predicted octanol–water partition coefficient (Wildman–Crippen LogP) is 2.35. The van der Waals surface area contributed by atoms with Crippen LogP contribution in [0.1, 0.15) is 0 Å². The fraction of sp³-hybridized carbons (Fsp3) is 0. The van der Waals surface area contributed by atoms with Crippen LogP contribution in [0.3, 0.4) is 0 Å². The summed E-state index contributed by atoms with van der Waals surface area (Å²) in [5.74, 6) is 1.01. The molecule has 0 aliphatic carbocycles. The summed E-state index contributed by atoms with van der Waals surface area (Å²) in [4.78, 5) is 0. The van der Waals surface area contributed by atoms with Crippen molar-refractivity contribution in [1.82, 2.24) is 0 Å². The van der Waals surface area contributed by atoms with Gasteiger partial charge in [-0.25, -0.2) is 4.39 Å². The second-order valence-corrected chi connectivity index (χ2v) is 8.83. The van der Waals surface area contributed by atoms with E-state index in [9.17, 15) is 4.39 Å². The van der Waals surface area contributed by atoms with E-state index in [-0.39, 0.29) is 5.82 Å². The number of halogens is 3. The maximum Gasteiger partial charge on any atom is 0.358 e. The Balaban J connectivity index is 1.82. The number of rotatable bonds is 4. The summed E-state index contributed by atoms with van der Waals surface area (Å²) in [5.41, 5.74) is 0. The van der Waals surface area contributed by atoms with Crippen LogP contribution < -0.4 is 25.9 Å². The van der Waals surface area contributed by atoms with Crippen LogP contribution in [0, 0.1) is 16.5 Å². The van der Waals surface area contributed by atoms with E-state index >= 15 is 0 Å². The number of hydrogen-bond acceptors (Lipinski definition) is 1. The molecule has 0 atom stereocenters. The van der Waals surface area contributed by atoms with Crippen molar-refractivity contribution >= 4 is 22.6 Å². The predicted molar refractivity (Wildman–Crippen MR) is 89.5 cm³/mol. The average molecular weight is 517 g/mol. The lowest BCUT2D eigenvalue weighted by Gasteiger charge is -2.05. The Morgan fingerprint density at radius 2 is 1.50 bits per heavy atom. The molecule has 0 amide bonds. The first-order chi connectivity index (χ1) is 10.7. The Kier molecular flexibility index (Phi) is 5.30.